The Morgan fingerprint density at radius 2 is 2.12 bits per heavy atom. The van der Waals surface area contributed by atoms with E-state index < -0.39 is 17.1 Å². The number of rotatable bonds is 4. The molecule has 132 valence electrons. The van der Waals surface area contributed by atoms with Gasteiger partial charge in [-0.2, -0.15) is 0 Å². The maximum absolute atomic E-state index is 12.4. The lowest BCUT2D eigenvalue weighted by molar-refractivity contribution is -0.127. The van der Waals surface area contributed by atoms with E-state index in [0.29, 0.717) is 16.4 Å². The monoisotopic (exact) mass is 387 g/mol. The van der Waals surface area contributed by atoms with Crippen LogP contribution in [0.2, 0.25) is 5.02 Å². The van der Waals surface area contributed by atoms with Crippen LogP contribution >= 0.6 is 23.4 Å². The molecule has 1 fully saturated rings. The van der Waals surface area contributed by atoms with Crippen molar-refractivity contribution >= 4 is 52.2 Å². The van der Waals surface area contributed by atoms with Crippen molar-refractivity contribution in [2.75, 3.05) is 11.9 Å². The molecule has 2 heterocycles. The molecule has 0 atom stereocenters. The summed E-state index contributed by atoms with van der Waals surface area (Å²) in [7, 11) is 0. The molecule has 6 nitrogen and oxygen atoms in total. The van der Waals surface area contributed by atoms with Crippen LogP contribution in [-0.4, -0.2) is 33.5 Å². The molecular weight excluding hydrogens is 374 g/mol. The van der Waals surface area contributed by atoms with Crippen LogP contribution in [0.4, 0.5) is 10.5 Å². The minimum Gasteiger partial charge on any atom is -0.324 e. The Balaban J connectivity index is 1.68. The van der Waals surface area contributed by atoms with Crippen LogP contribution in [-0.2, 0) is 9.59 Å². The normalized spacial score (nSPS) is 15.6. The lowest BCUT2D eigenvalue weighted by Crippen LogP contribution is -2.36. The molecule has 0 bridgehead atoms. The van der Waals surface area contributed by atoms with Gasteiger partial charge in [0.15, 0.2) is 0 Å². The molecule has 2 aromatic rings. The Hall–Kier alpha value is -2.64. The predicted octanol–water partition coefficient (Wildman–Crippen LogP) is 3.72. The number of hydrogen-bond donors (Lipinski definition) is 1. The lowest BCUT2D eigenvalue weighted by atomic mass is 10.2. The molecule has 0 saturated carbocycles. The molecule has 1 aromatic heterocycles. The zero-order chi connectivity index (χ0) is 18.7. The van der Waals surface area contributed by atoms with Gasteiger partial charge in [0, 0.05) is 16.9 Å². The molecule has 1 saturated heterocycles. The largest absolute Gasteiger partial charge is 0.324 e. The number of thioether (sulfide) groups is 1. The second kappa shape index (κ2) is 7.72. The number of carbonyl (C=O) groups excluding carboxylic acids is 3. The van der Waals surface area contributed by atoms with Gasteiger partial charge in [-0.05, 0) is 54.6 Å². The molecule has 0 unspecified atom stereocenters. The summed E-state index contributed by atoms with van der Waals surface area (Å²) < 4.78 is 0. The Morgan fingerprint density at radius 1 is 1.31 bits per heavy atom. The number of nitrogens with one attached hydrogen (secondary N) is 1. The van der Waals surface area contributed by atoms with Gasteiger partial charge in [0.1, 0.15) is 6.54 Å². The van der Waals surface area contributed by atoms with Crippen molar-refractivity contribution in [3.8, 4) is 0 Å². The molecule has 0 spiro atoms. The van der Waals surface area contributed by atoms with Crippen molar-refractivity contribution in [3.63, 3.8) is 0 Å². The first kappa shape index (κ1) is 18.2. The average molecular weight is 388 g/mol. The summed E-state index contributed by atoms with van der Waals surface area (Å²) in [6.45, 7) is 1.48. The summed E-state index contributed by atoms with van der Waals surface area (Å²) in [5, 5.41) is 2.66. The number of hydrogen-bond acceptors (Lipinski definition) is 5. The van der Waals surface area contributed by atoms with Crippen molar-refractivity contribution in [1.29, 1.82) is 0 Å². The number of pyridine rings is 1. The molecule has 1 aliphatic rings. The number of halogens is 1. The van der Waals surface area contributed by atoms with Crippen molar-refractivity contribution in [2.24, 2.45) is 0 Å². The molecule has 0 radical (unpaired) electrons. The summed E-state index contributed by atoms with van der Waals surface area (Å²) in [5.41, 5.74) is 1.95. The van der Waals surface area contributed by atoms with Gasteiger partial charge in [0.25, 0.3) is 11.1 Å². The molecule has 3 amide bonds. The second-order valence-electron chi connectivity index (χ2n) is 5.53. The van der Waals surface area contributed by atoms with Gasteiger partial charge in [0.2, 0.25) is 5.91 Å². The van der Waals surface area contributed by atoms with Crippen LogP contribution in [0, 0.1) is 6.92 Å². The summed E-state index contributed by atoms with van der Waals surface area (Å²) in [6.07, 6.45) is 3.12. The number of benzene rings is 1. The number of anilines is 1. The number of aromatic nitrogens is 1. The maximum Gasteiger partial charge on any atom is 0.294 e. The highest BCUT2D eigenvalue weighted by atomic mass is 35.5. The van der Waals surface area contributed by atoms with Crippen LogP contribution in [0.3, 0.4) is 0 Å². The summed E-state index contributed by atoms with van der Waals surface area (Å²) in [4.78, 5) is 41.9. The van der Waals surface area contributed by atoms with Crippen LogP contribution in [0.1, 0.15) is 11.3 Å². The number of nitrogens with zero attached hydrogens (tertiary/aromatic N) is 2. The maximum atomic E-state index is 12.4. The van der Waals surface area contributed by atoms with Crippen molar-refractivity contribution in [2.45, 2.75) is 6.92 Å². The quantitative estimate of drug-likeness (QED) is 0.809. The van der Waals surface area contributed by atoms with E-state index in [0.717, 1.165) is 22.2 Å². The van der Waals surface area contributed by atoms with E-state index in [1.165, 1.54) is 6.08 Å². The highest BCUT2D eigenvalue weighted by molar-refractivity contribution is 8.18. The Morgan fingerprint density at radius 3 is 2.81 bits per heavy atom. The van der Waals surface area contributed by atoms with E-state index in [2.05, 4.69) is 10.3 Å². The van der Waals surface area contributed by atoms with Gasteiger partial charge >= 0.3 is 0 Å². The van der Waals surface area contributed by atoms with E-state index in [4.69, 9.17) is 11.6 Å². The first-order valence-corrected chi connectivity index (χ1v) is 8.86. The molecule has 8 heteroatoms. The minimum atomic E-state index is -0.511. The average Bonchev–Trinajstić information content (AvgIpc) is 2.86. The molecule has 3 rings (SSSR count). The van der Waals surface area contributed by atoms with E-state index in [1.54, 1.807) is 42.6 Å². The first-order chi connectivity index (χ1) is 12.4. The van der Waals surface area contributed by atoms with Gasteiger partial charge in [-0.3, -0.25) is 24.3 Å². The standard InChI is InChI=1S/C18H14ClN3O3S/c1-11-5-6-13(8-14(11)19)21-16(23)10-22-17(24)15(26-18(22)25)9-12-4-2-3-7-20-12/h2-9H,10H2,1H3,(H,21,23)/b15-9-. The van der Waals surface area contributed by atoms with E-state index in [-0.39, 0.29) is 11.4 Å². The third kappa shape index (κ3) is 4.12. The topological polar surface area (TPSA) is 79.4 Å². The Labute approximate surface area is 159 Å². The third-order valence-electron chi connectivity index (χ3n) is 3.60. The van der Waals surface area contributed by atoms with E-state index in [9.17, 15) is 14.4 Å². The zero-order valence-electron chi connectivity index (χ0n) is 13.7. The number of imide groups is 1. The fourth-order valence-corrected chi connectivity index (χ4v) is 3.25. The van der Waals surface area contributed by atoms with Crippen LogP contribution < -0.4 is 5.32 Å². The van der Waals surface area contributed by atoms with Crippen LogP contribution in [0.15, 0.2) is 47.5 Å². The van der Waals surface area contributed by atoms with Crippen LogP contribution in [0.5, 0.6) is 0 Å². The van der Waals surface area contributed by atoms with Crippen LogP contribution in [0.25, 0.3) is 6.08 Å². The summed E-state index contributed by atoms with van der Waals surface area (Å²) in [5.74, 6) is -0.992. The zero-order valence-corrected chi connectivity index (χ0v) is 15.3. The molecule has 0 aliphatic carbocycles. The second-order valence-corrected chi connectivity index (χ2v) is 6.93. The highest BCUT2D eigenvalue weighted by Gasteiger charge is 2.36. The highest BCUT2D eigenvalue weighted by Crippen LogP contribution is 2.31. The first-order valence-electron chi connectivity index (χ1n) is 7.66. The Bertz CT molecular complexity index is 915. The van der Waals surface area contributed by atoms with Gasteiger partial charge in [-0.1, -0.05) is 23.7 Å². The molecule has 26 heavy (non-hydrogen) atoms. The molecule has 1 N–H and O–H groups in total. The predicted molar refractivity (Wildman–Crippen MR) is 102 cm³/mol. The fourth-order valence-electron chi connectivity index (χ4n) is 2.25. The molecular formula is C18H14ClN3O3S. The fraction of sp³-hybridized carbons (Fsp3) is 0.111. The minimum absolute atomic E-state index is 0.236. The SMILES string of the molecule is Cc1ccc(NC(=O)CN2C(=O)S/C(=C\c3ccccn3)C2=O)cc1Cl. The van der Waals surface area contributed by atoms with Crippen molar-refractivity contribution in [3.05, 3.63) is 63.8 Å². The Kier molecular flexibility index (Phi) is 5.39. The van der Waals surface area contributed by atoms with Gasteiger partial charge in [-0.15, -0.1) is 0 Å². The summed E-state index contributed by atoms with van der Waals surface area (Å²) in [6, 6.07) is 10.3. The van der Waals surface area contributed by atoms with Crippen molar-refractivity contribution < 1.29 is 14.4 Å². The third-order valence-corrected chi connectivity index (χ3v) is 4.91. The summed E-state index contributed by atoms with van der Waals surface area (Å²) >= 11 is 6.81. The number of aryl methyl sites for hydroxylation is 1. The van der Waals surface area contributed by atoms with Crippen molar-refractivity contribution in [1.82, 2.24) is 9.88 Å². The smallest absolute Gasteiger partial charge is 0.294 e. The number of carbonyl (C=O) groups is 3. The van der Waals surface area contributed by atoms with Gasteiger partial charge in [-0.25, -0.2) is 0 Å². The van der Waals surface area contributed by atoms with E-state index in [1.807, 2.05) is 6.92 Å². The molecule has 1 aromatic carbocycles. The van der Waals surface area contributed by atoms with Gasteiger partial charge < -0.3 is 5.32 Å². The van der Waals surface area contributed by atoms with Gasteiger partial charge in [0.05, 0.1) is 10.6 Å². The van der Waals surface area contributed by atoms with E-state index >= 15 is 0 Å². The number of amides is 3. The lowest BCUT2D eigenvalue weighted by Gasteiger charge is -2.12. The molecule has 1 aliphatic heterocycles.